The molecular formula is C10H12ClN. The molecule has 1 aliphatic rings. The van der Waals surface area contributed by atoms with Gasteiger partial charge in [-0.15, -0.1) is 0 Å². The molecule has 0 spiro atoms. The van der Waals surface area contributed by atoms with Crippen LogP contribution in [0.1, 0.15) is 18.4 Å². The zero-order chi connectivity index (χ0) is 8.60. The first-order valence-corrected chi connectivity index (χ1v) is 4.59. The van der Waals surface area contributed by atoms with Gasteiger partial charge in [-0.05, 0) is 37.0 Å². The van der Waals surface area contributed by atoms with E-state index in [4.69, 9.17) is 17.3 Å². The summed E-state index contributed by atoms with van der Waals surface area (Å²) in [5.41, 5.74) is 7.33. The van der Waals surface area contributed by atoms with Gasteiger partial charge < -0.3 is 5.73 Å². The molecule has 1 saturated carbocycles. The predicted molar refractivity (Wildman–Crippen MR) is 51.3 cm³/mol. The Bertz CT molecular complexity index is 292. The van der Waals surface area contributed by atoms with Crippen LogP contribution in [0.3, 0.4) is 0 Å². The molecule has 0 atom stereocenters. The second-order valence-corrected chi connectivity index (χ2v) is 4.11. The van der Waals surface area contributed by atoms with Crippen LogP contribution in [0.25, 0.3) is 0 Å². The quantitative estimate of drug-likeness (QED) is 0.745. The molecule has 0 saturated heterocycles. The number of hydrogen-bond acceptors (Lipinski definition) is 1. The second kappa shape index (κ2) is 2.75. The van der Waals surface area contributed by atoms with Gasteiger partial charge in [-0.3, -0.25) is 0 Å². The highest BCUT2D eigenvalue weighted by molar-refractivity contribution is 6.30. The van der Waals surface area contributed by atoms with Crippen LogP contribution in [0.2, 0.25) is 5.02 Å². The molecule has 1 aromatic rings. The van der Waals surface area contributed by atoms with Crippen molar-refractivity contribution in [2.45, 2.75) is 24.8 Å². The molecule has 1 fully saturated rings. The van der Waals surface area contributed by atoms with E-state index in [1.807, 2.05) is 18.2 Å². The van der Waals surface area contributed by atoms with Gasteiger partial charge in [-0.1, -0.05) is 23.7 Å². The highest BCUT2D eigenvalue weighted by Crippen LogP contribution is 2.35. The first-order valence-electron chi connectivity index (χ1n) is 4.21. The average Bonchev–Trinajstić information content (AvgIpc) is 2.67. The van der Waals surface area contributed by atoms with Crippen LogP contribution in [0.4, 0.5) is 0 Å². The topological polar surface area (TPSA) is 26.0 Å². The van der Waals surface area contributed by atoms with E-state index < -0.39 is 0 Å². The maximum Gasteiger partial charge on any atom is 0.0408 e. The van der Waals surface area contributed by atoms with Crippen LogP contribution in [-0.4, -0.2) is 5.54 Å². The summed E-state index contributed by atoms with van der Waals surface area (Å²) in [6.07, 6.45) is 3.27. The van der Waals surface area contributed by atoms with Crippen molar-refractivity contribution in [1.82, 2.24) is 0 Å². The third-order valence-corrected chi connectivity index (χ3v) is 2.57. The van der Waals surface area contributed by atoms with Gasteiger partial charge in [-0.2, -0.15) is 0 Å². The van der Waals surface area contributed by atoms with Crippen LogP contribution < -0.4 is 5.73 Å². The molecule has 0 heterocycles. The van der Waals surface area contributed by atoms with Gasteiger partial charge >= 0.3 is 0 Å². The molecule has 1 aliphatic carbocycles. The van der Waals surface area contributed by atoms with E-state index in [1.165, 1.54) is 5.56 Å². The average molecular weight is 182 g/mol. The highest BCUT2D eigenvalue weighted by Gasteiger charge is 2.37. The number of hydrogen-bond donors (Lipinski definition) is 1. The Balaban J connectivity index is 2.12. The molecule has 0 unspecified atom stereocenters. The van der Waals surface area contributed by atoms with E-state index in [9.17, 15) is 0 Å². The smallest absolute Gasteiger partial charge is 0.0408 e. The summed E-state index contributed by atoms with van der Waals surface area (Å²) in [6, 6.07) is 7.94. The lowest BCUT2D eigenvalue weighted by Gasteiger charge is -2.07. The minimum atomic E-state index is 0.0880. The lowest BCUT2D eigenvalue weighted by Crippen LogP contribution is -2.24. The number of benzene rings is 1. The van der Waals surface area contributed by atoms with Crippen molar-refractivity contribution in [2.24, 2.45) is 5.73 Å². The molecule has 0 radical (unpaired) electrons. The second-order valence-electron chi connectivity index (χ2n) is 3.67. The van der Waals surface area contributed by atoms with Crippen LogP contribution >= 0.6 is 11.6 Å². The first-order chi connectivity index (χ1) is 5.68. The maximum atomic E-state index is 5.99. The molecule has 2 N–H and O–H groups in total. The fourth-order valence-electron chi connectivity index (χ4n) is 1.39. The molecule has 0 bridgehead atoms. The molecule has 2 heteroatoms. The molecule has 1 aromatic carbocycles. The summed E-state index contributed by atoms with van der Waals surface area (Å²) in [4.78, 5) is 0. The lowest BCUT2D eigenvalue weighted by molar-refractivity contribution is 0.672. The van der Waals surface area contributed by atoms with E-state index in [0.717, 1.165) is 24.3 Å². The first kappa shape index (κ1) is 8.09. The zero-order valence-corrected chi connectivity index (χ0v) is 7.64. The fourth-order valence-corrected chi connectivity index (χ4v) is 1.60. The van der Waals surface area contributed by atoms with Crippen LogP contribution in [-0.2, 0) is 6.42 Å². The van der Waals surface area contributed by atoms with Crippen LogP contribution in [0.15, 0.2) is 24.3 Å². The molecule has 0 aromatic heterocycles. The Morgan fingerprint density at radius 2 is 2.17 bits per heavy atom. The summed E-state index contributed by atoms with van der Waals surface area (Å²) in [7, 11) is 0. The van der Waals surface area contributed by atoms with Crippen molar-refractivity contribution in [2.75, 3.05) is 0 Å². The van der Waals surface area contributed by atoms with Gasteiger partial charge in [0.1, 0.15) is 0 Å². The fraction of sp³-hybridized carbons (Fsp3) is 0.400. The van der Waals surface area contributed by atoms with Gasteiger partial charge in [0.2, 0.25) is 0 Å². The van der Waals surface area contributed by atoms with Crippen molar-refractivity contribution in [1.29, 1.82) is 0 Å². The maximum absolute atomic E-state index is 5.99. The van der Waals surface area contributed by atoms with Gasteiger partial charge in [0.25, 0.3) is 0 Å². The normalized spacial score (nSPS) is 19.2. The SMILES string of the molecule is NC1(Cc2cccc(Cl)c2)CC1. The van der Waals surface area contributed by atoms with Gasteiger partial charge in [0.05, 0.1) is 0 Å². The van der Waals surface area contributed by atoms with Crippen molar-refractivity contribution in [3.63, 3.8) is 0 Å². The minimum absolute atomic E-state index is 0.0880. The Hall–Kier alpha value is -0.530. The minimum Gasteiger partial charge on any atom is -0.325 e. The Kier molecular flexibility index (Phi) is 1.85. The van der Waals surface area contributed by atoms with Gasteiger partial charge in [0.15, 0.2) is 0 Å². The Morgan fingerprint density at radius 1 is 1.42 bits per heavy atom. The molecule has 2 rings (SSSR count). The molecule has 0 aliphatic heterocycles. The van der Waals surface area contributed by atoms with Crippen molar-refractivity contribution in [3.05, 3.63) is 34.9 Å². The molecule has 64 valence electrons. The number of rotatable bonds is 2. The van der Waals surface area contributed by atoms with Crippen molar-refractivity contribution < 1.29 is 0 Å². The van der Waals surface area contributed by atoms with Crippen molar-refractivity contribution in [3.8, 4) is 0 Å². The van der Waals surface area contributed by atoms with Crippen LogP contribution in [0, 0.1) is 0 Å². The molecule has 12 heavy (non-hydrogen) atoms. The number of nitrogens with two attached hydrogens (primary N) is 1. The zero-order valence-electron chi connectivity index (χ0n) is 6.89. The largest absolute Gasteiger partial charge is 0.325 e. The third kappa shape index (κ3) is 1.79. The van der Waals surface area contributed by atoms with Crippen LogP contribution in [0.5, 0.6) is 0 Å². The van der Waals surface area contributed by atoms with E-state index in [-0.39, 0.29) is 5.54 Å². The third-order valence-electron chi connectivity index (χ3n) is 2.34. The van der Waals surface area contributed by atoms with E-state index >= 15 is 0 Å². The van der Waals surface area contributed by atoms with E-state index in [2.05, 4.69) is 6.07 Å². The summed E-state index contributed by atoms with van der Waals surface area (Å²) in [5.74, 6) is 0. The monoisotopic (exact) mass is 181 g/mol. The number of halogens is 1. The molecular weight excluding hydrogens is 170 g/mol. The van der Waals surface area contributed by atoms with E-state index in [1.54, 1.807) is 0 Å². The van der Waals surface area contributed by atoms with E-state index in [0.29, 0.717) is 0 Å². The Morgan fingerprint density at radius 3 is 2.75 bits per heavy atom. The predicted octanol–water partition coefficient (Wildman–Crippen LogP) is 2.37. The molecule has 1 nitrogen and oxygen atoms in total. The van der Waals surface area contributed by atoms with Crippen molar-refractivity contribution >= 4 is 11.6 Å². The highest BCUT2D eigenvalue weighted by atomic mass is 35.5. The summed E-state index contributed by atoms with van der Waals surface area (Å²) in [6.45, 7) is 0. The van der Waals surface area contributed by atoms with Gasteiger partial charge in [-0.25, -0.2) is 0 Å². The standard InChI is InChI=1S/C10H12ClN/c11-9-3-1-2-8(6-9)7-10(12)4-5-10/h1-3,6H,4-5,7,12H2. The molecule has 0 amide bonds. The Labute approximate surface area is 77.5 Å². The van der Waals surface area contributed by atoms with Gasteiger partial charge in [0, 0.05) is 10.6 Å². The summed E-state index contributed by atoms with van der Waals surface area (Å²) in [5, 5.41) is 0.803. The summed E-state index contributed by atoms with van der Waals surface area (Å²) >= 11 is 5.85. The summed E-state index contributed by atoms with van der Waals surface area (Å²) < 4.78 is 0. The lowest BCUT2D eigenvalue weighted by atomic mass is 10.1.